The van der Waals surface area contributed by atoms with Crippen LogP contribution in [0.5, 0.6) is 28.7 Å². The number of benzene rings is 2. The summed E-state index contributed by atoms with van der Waals surface area (Å²) in [6.07, 6.45) is 18.0. The van der Waals surface area contributed by atoms with Crippen molar-refractivity contribution in [1.29, 1.82) is 0 Å². The van der Waals surface area contributed by atoms with Crippen molar-refractivity contribution in [3.63, 3.8) is 0 Å². The van der Waals surface area contributed by atoms with Gasteiger partial charge in [-0.25, -0.2) is 0 Å². The minimum absolute atomic E-state index is 0.0495. The van der Waals surface area contributed by atoms with Gasteiger partial charge in [0.05, 0.1) is 41.6 Å². The van der Waals surface area contributed by atoms with E-state index in [4.69, 9.17) is 29.7 Å². The van der Waals surface area contributed by atoms with Gasteiger partial charge in [0.25, 0.3) is 0 Å². The van der Waals surface area contributed by atoms with Gasteiger partial charge in [0.15, 0.2) is 29.0 Å². The molecule has 9 atom stereocenters. The van der Waals surface area contributed by atoms with Crippen LogP contribution in [-0.4, -0.2) is 98.9 Å². The molecule has 10 N–H and O–H groups in total. The van der Waals surface area contributed by atoms with Crippen LogP contribution in [0.1, 0.15) is 87.3 Å². The molecule has 2 bridgehead atoms. The van der Waals surface area contributed by atoms with E-state index in [1.807, 2.05) is 43.6 Å². The number of rotatable bonds is 14. The van der Waals surface area contributed by atoms with Crippen LogP contribution in [-0.2, 0) is 27.1 Å². The first-order valence-electron chi connectivity index (χ1n) is 25.7. The first-order valence-corrected chi connectivity index (χ1v) is 25.7. The molecule has 2 saturated heterocycles. The Hall–Kier alpha value is -7.29. The molecule has 7 heterocycles. The van der Waals surface area contributed by atoms with Gasteiger partial charge in [0.1, 0.15) is 18.4 Å². The lowest BCUT2D eigenvalue weighted by Crippen LogP contribution is -2.73. The van der Waals surface area contributed by atoms with Crippen molar-refractivity contribution in [2.75, 3.05) is 33.3 Å². The number of nitrogens with zero attached hydrogens (tertiary/aromatic N) is 3. The minimum Gasteiger partial charge on any atom is -0.504 e. The van der Waals surface area contributed by atoms with E-state index in [1.54, 1.807) is 24.5 Å². The van der Waals surface area contributed by atoms with Crippen molar-refractivity contribution in [2.24, 2.45) is 28.5 Å². The summed E-state index contributed by atoms with van der Waals surface area (Å²) in [6, 6.07) is 14.6. The predicted octanol–water partition coefficient (Wildman–Crippen LogP) is 6.50. The third-order valence-corrected chi connectivity index (χ3v) is 15.1. The second kappa shape index (κ2) is 21.8. The summed E-state index contributed by atoms with van der Waals surface area (Å²) in [4.78, 5) is 25.4. The van der Waals surface area contributed by atoms with E-state index < -0.39 is 29.8 Å². The summed E-state index contributed by atoms with van der Waals surface area (Å²) in [5.74, 6) is 7.72. The number of ether oxygens (including phenoxy) is 4. The summed E-state index contributed by atoms with van der Waals surface area (Å²) < 4.78 is 28.3. The largest absolute Gasteiger partial charge is 0.504 e. The van der Waals surface area contributed by atoms with Crippen molar-refractivity contribution < 1.29 is 39.1 Å². The molecule has 17 heteroatoms. The Kier molecular flexibility index (Phi) is 14.7. The lowest BCUT2D eigenvalue weighted by Gasteiger charge is -2.56. The van der Waals surface area contributed by atoms with E-state index >= 15 is 0 Å². The van der Waals surface area contributed by atoms with Crippen molar-refractivity contribution >= 4 is 22.8 Å². The summed E-state index contributed by atoms with van der Waals surface area (Å²) in [5.41, 5.74) is 10.2. The predicted molar refractivity (Wildman–Crippen MR) is 277 cm³/mol. The first-order chi connectivity index (χ1) is 35.5. The van der Waals surface area contributed by atoms with Gasteiger partial charge in [-0.05, 0) is 110 Å². The standard InChI is InChI=1S/C56H67N9O8/c1-34(66)71-41-28-48(73-49(29-41)40-26-46(68)53(69)51(27-40)70-22-16-36-8-5-18-59-30-36)38-9-3-10-42-47(72-50-24-37(23-38)12-13-45(50)67)11-4-17-56(42)43(31-58-2)54(65-32-39-15-21-60-44(39)33-65)63-55(64-56)62-19-6-7-35-14-20-61-52(57)25-35/h5,8,12-15,18,21,24-27,30,32-33,38,41-43,47-49,54,58,60-61,67-69H,4,6-7,9,11,16-17,19-20,22-23,28-29,31,57H2,1-2H3,(H2,62,63,64). The Morgan fingerprint density at radius 3 is 2.82 bits per heavy atom. The van der Waals surface area contributed by atoms with Crippen LogP contribution in [0, 0.1) is 29.6 Å². The van der Waals surface area contributed by atoms with Gasteiger partial charge in [-0.1, -0.05) is 24.1 Å². The molecule has 0 amide bonds. The van der Waals surface area contributed by atoms with E-state index in [-0.39, 0.29) is 59.6 Å². The maximum absolute atomic E-state index is 12.6. The summed E-state index contributed by atoms with van der Waals surface area (Å²) >= 11 is 0. The maximum Gasteiger partial charge on any atom is 0.302 e. The first kappa shape index (κ1) is 49.3. The SMILES string of the molecule is CNCC1C(n2cc3cc[nH]c3c2)NC(=NCCCC2=CCNC(N)=C2)NC12CCCC1Oc3cc(ccc3O)CC(C3CC(OC(C)=O)CC(c4cc(O)c(O)c(OCCc5cccnc5)c4)O3)CC#CC12. The van der Waals surface area contributed by atoms with Crippen molar-refractivity contribution in [1.82, 2.24) is 35.8 Å². The van der Waals surface area contributed by atoms with Crippen LogP contribution in [0.15, 0.2) is 108 Å². The number of aromatic nitrogens is 3. The smallest absolute Gasteiger partial charge is 0.302 e. The van der Waals surface area contributed by atoms with Gasteiger partial charge < -0.3 is 70.8 Å². The number of dihydropyridines is 1. The Balaban J connectivity index is 0.987. The Labute approximate surface area is 425 Å². The number of nitrogens with two attached hydrogens (primary N) is 1. The van der Waals surface area contributed by atoms with Gasteiger partial charge in [-0.2, -0.15) is 0 Å². The van der Waals surface area contributed by atoms with Crippen LogP contribution in [0.25, 0.3) is 10.9 Å². The number of aromatic hydroxyl groups is 3. The van der Waals surface area contributed by atoms with Crippen LogP contribution >= 0.6 is 0 Å². The Morgan fingerprint density at radius 2 is 2.00 bits per heavy atom. The van der Waals surface area contributed by atoms with E-state index in [0.717, 1.165) is 54.1 Å². The number of hydrogen-bond acceptors (Lipinski definition) is 13. The van der Waals surface area contributed by atoms with Crippen molar-refractivity contribution in [3.8, 4) is 40.6 Å². The normalized spacial score (nSPS) is 27.3. The molecule has 4 aliphatic heterocycles. The summed E-state index contributed by atoms with van der Waals surface area (Å²) in [7, 11) is 1.98. The number of allylic oxidation sites excluding steroid dienone is 2. The van der Waals surface area contributed by atoms with E-state index in [2.05, 4.69) is 72.2 Å². The number of H-pyrrole nitrogens is 1. The lowest BCUT2D eigenvalue weighted by atomic mass is 9.62. The molecule has 17 nitrogen and oxygen atoms in total. The minimum atomic E-state index is -0.650. The summed E-state index contributed by atoms with van der Waals surface area (Å²) in [6.45, 7) is 3.58. The number of carbonyl (C=O) groups is 1. The molecule has 384 valence electrons. The number of guanidine groups is 1. The van der Waals surface area contributed by atoms with Crippen molar-refractivity contribution in [2.45, 2.75) is 107 Å². The molecular formula is C56H67N9O8. The number of phenolic OH excluding ortho intramolecular Hbond substituents is 3. The highest BCUT2D eigenvalue weighted by Crippen LogP contribution is 2.48. The number of esters is 1. The van der Waals surface area contributed by atoms with Crippen LogP contribution in [0.4, 0.5) is 0 Å². The zero-order chi connectivity index (χ0) is 50.5. The maximum atomic E-state index is 12.6. The van der Waals surface area contributed by atoms with Gasteiger partial charge in [0.2, 0.25) is 5.75 Å². The van der Waals surface area contributed by atoms with Gasteiger partial charge in [-0.3, -0.25) is 14.8 Å². The highest BCUT2D eigenvalue weighted by Gasteiger charge is 2.56. The fourth-order valence-corrected chi connectivity index (χ4v) is 11.7. The van der Waals surface area contributed by atoms with Crippen LogP contribution < -0.4 is 36.5 Å². The van der Waals surface area contributed by atoms with E-state index in [9.17, 15) is 20.1 Å². The number of nitrogens with one attached hydrogen (secondary N) is 5. The third-order valence-electron chi connectivity index (χ3n) is 15.1. The number of pyridine rings is 1. The molecule has 5 aromatic rings. The highest BCUT2D eigenvalue weighted by atomic mass is 16.6. The molecule has 0 radical (unpaired) electrons. The zero-order valence-electron chi connectivity index (χ0n) is 41.5. The number of fused-ring (bicyclic) bond motifs is 5. The molecule has 73 heavy (non-hydrogen) atoms. The summed E-state index contributed by atoms with van der Waals surface area (Å²) in [5, 5.41) is 49.0. The average molecular weight is 994 g/mol. The highest BCUT2D eigenvalue weighted by molar-refractivity contribution is 5.83. The molecule has 9 unspecified atom stereocenters. The molecule has 3 aromatic heterocycles. The van der Waals surface area contributed by atoms with E-state index in [0.29, 0.717) is 74.8 Å². The second-order valence-electron chi connectivity index (χ2n) is 20.1. The van der Waals surface area contributed by atoms with Gasteiger partial charge in [-0.15, -0.1) is 5.92 Å². The van der Waals surface area contributed by atoms with Crippen LogP contribution in [0.2, 0.25) is 0 Å². The quantitative estimate of drug-likeness (QED) is 0.0250. The second-order valence-corrected chi connectivity index (χ2v) is 20.1. The number of phenols is 3. The Bertz CT molecular complexity index is 2890. The molecule has 2 aromatic carbocycles. The average Bonchev–Trinajstić information content (AvgIpc) is 3.99. The topological polar surface area (TPSA) is 235 Å². The fraction of sp³-hybridized carbons (Fsp3) is 0.446. The number of hydrogen-bond donors (Lipinski definition) is 9. The lowest BCUT2D eigenvalue weighted by molar-refractivity contribution is -0.164. The zero-order valence-corrected chi connectivity index (χ0v) is 41.5. The van der Waals surface area contributed by atoms with Gasteiger partial charge in [0, 0.05) is 100 Å². The molecular weight excluding hydrogens is 927 g/mol. The number of carbonyl (C=O) groups excluding carboxylic acids is 1. The third kappa shape index (κ3) is 11.1. The number of aliphatic imine (C=N–C) groups is 1. The monoisotopic (exact) mass is 994 g/mol. The van der Waals surface area contributed by atoms with Crippen molar-refractivity contribution in [3.05, 3.63) is 120 Å². The fourth-order valence-electron chi connectivity index (χ4n) is 11.7. The molecule has 3 fully saturated rings. The number of aromatic amines is 1. The molecule has 5 aliphatic rings. The van der Waals surface area contributed by atoms with Gasteiger partial charge >= 0.3 is 5.97 Å². The molecule has 1 aliphatic carbocycles. The Morgan fingerprint density at radius 1 is 1.10 bits per heavy atom. The molecule has 10 rings (SSSR count). The molecule has 1 saturated carbocycles. The van der Waals surface area contributed by atoms with Crippen LogP contribution in [0.3, 0.4) is 0 Å². The molecule has 1 spiro atoms. The van der Waals surface area contributed by atoms with E-state index in [1.165, 1.54) is 18.6 Å².